The molecule has 1 atom stereocenters. The minimum atomic E-state index is -2.98. The lowest BCUT2D eigenvalue weighted by atomic mass is 10.1. The maximum Gasteiger partial charge on any atom is 0.387 e. The van der Waals surface area contributed by atoms with Crippen LogP contribution in [0, 0.1) is 12.3 Å². The second-order valence-electron chi connectivity index (χ2n) is 3.46. The number of alkyl halides is 2. The van der Waals surface area contributed by atoms with Crippen LogP contribution in [0.5, 0.6) is 5.75 Å². The molecule has 1 N–H and O–H groups in total. The van der Waals surface area contributed by atoms with E-state index in [9.17, 15) is 13.6 Å². The van der Waals surface area contributed by atoms with Crippen LogP contribution >= 0.6 is 0 Å². The fourth-order valence-corrected chi connectivity index (χ4v) is 1.52. The number of nitrogens with one attached hydrogen (secondary N) is 1. The molecule has 102 valence electrons. The van der Waals surface area contributed by atoms with Crippen LogP contribution in [0.2, 0.25) is 0 Å². The molecule has 0 radical (unpaired) electrons. The predicted octanol–water partition coefficient (Wildman–Crippen LogP) is 1.72. The van der Waals surface area contributed by atoms with Gasteiger partial charge in [0.2, 0.25) is 0 Å². The first kappa shape index (κ1) is 14.9. The summed E-state index contributed by atoms with van der Waals surface area (Å²) in [4.78, 5) is 11.7. The number of terminal acetylenes is 1. The van der Waals surface area contributed by atoms with Gasteiger partial charge in [0.1, 0.15) is 11.8 Å². The fraction of sp³-hybridized carbons (Fsp3) is 0.308. The van der Waals surface area contributed by atoms with Crippen LogP contribution in [0.1, 0.15) is 11.6 Å². The van der Waals surface area contributed by atoms with E-state index in [2.05, 4.69) is 20.7 Å². The third kappa shape index (κ3) is 4.23. The van der Waals surface area contributed by atoms with E-state index in [1.807, 2.05) is 0 Å². The van der Waals surface area contributed by atoms with Crippen molar-refractivity contribution in [1.29, 1.82) is 0 Å². The Balaban J connectivity index is 3.07. The molecule has 0 aliphatic carbocycles. The molecule has 0 aliphatic heterocycles. The molecule has 0 amide bonds. The van der Waals surface area contributed by atoms with Crippen molar-refractivity contribution in [1.82, 2.24) is 5.32 Å². The van der Waals surface area contributed by atoms with E-state index in [0.717, 1.165) is 0 Å². The molecule has 0 heterocycles. The van der Waals surface area contributed by atoms with Crippen LogP contribution in [-0.2, 0) is 9.53 Å². The van der Waals surface area contributed by atoms with E-state index in [-0.39, 0.29) is 17.9 Å². The van der Waals surface area contributed by atoms with Crippen molar-refractivity contribution in [2.45, 2.75) is 12.7 Å². The number of carbonyl (C=O) groups excluding carboxylic acids is 1. The number of esters is 1. The van der Waals surface area contributed by atoms with E-state index in [1.54, 1.807) is 6.07 Å². The SMILES string of the molecule is C#CCNC(C(=O)OC)c1ccccc1OC(F)F. The summed E-state index contributed by atoms with van der Waals surface area (Å²) in [6.45, 7) is -2.89. The monoisotopic (exact) mass is 269 g/mol. The average molecular weight is 269 g/mol. The van der Waals surface area contributed by atoms with Gasteiger partial charge in [-0.05, 0) is 6.07 Å². The fourth-order valence-electron chi connectivity index (χ4n) is 1.52. The standard InChI is InChI=1S/C13H13F2NO3/c1-3-8-16-11(12(17)18-2)9-6-4-5-7-10(9)19-13(14)15/h1,4-7,11,13,16H,8H2,2H3. The first-order chi connectivity index (χ1) is 9.10. The van der Waals surface area contributed by atoms with Crippen molar-refractivity contribution in [3.05, 3.63) is 29.8 Å². The van der Waals surface area contributed by atoms with Gasteiger partial charge in [0.05, 0.1) is 13.7 Å². The zero-order valence-electron chi connectivity index (χ0n) is 10.2. The summed E-state index contributed by atoms with van der Waals surface area (Å²) >= 11 is 0. The number of benzene rings is 1. The molecule has 0 bridgehead atoms. The second kappa shape index (κ2) is 7.34. The first-order valence-corrected chi connectivity index (χ1v) is 5.38. The van der Waals surface area contributed by atoms with Gasteiger partial charge in [0, 0.05) is 5.56 Å². The molecule has 0 saturated carbocycles. The Morgan fingerprint density at radius 2 is 2.16 bits per heavy atom. The second-order valence-corrected chi connectivity index (χ2v) is 3.46. The third-order valence-electron chi connectivity index (χ3n) is 2.29. The van der Waals surface area contributed by atoms with E-state index in [1.165, 1.54) is 25.3 Å². The summed E-state index contributed by atoms with van der Waals surface area (Å²) in [6, 6.07) is 4.99. The van der Waals surface area contributed by atoms with Crippen LogP contribution in [0.4, 0.5) is 8.78 Å². The van der Waals surface area contributed by atoms with E-state index in [4.69, 9.17) is 6.42 Å². The number of methoxy groups -OCH3 is 1. The van der Waals surface area contributed by atoms with Crippen molar-refractivity contribution in [2.24, 2.45) is 0 Å². The normalized spacial score (nSPS) is 11.7. The van der Waals surface area contributed by atoms with Crippen LogP contribution in [0.15, 0.2) is 24.3 Å². The summed E-state index contributed by atoms with van der Waals surface area (Å²) in [5, 5.41) is 2.71. The number of hydrogen-bond donors (Lipinski definition) is 1. The van der Waals surface area contributed by atoms with Crippen molar-refractivity contribution >= 4 is 5.97 Å². The van der Waals surface area contributed by atoms with Gasteiger partial charge >= 0.3 is 12.6 Å². The van der Waals surface area contributed by atoms with E-state index >= 15 is 0 Å². The van der Waals surface area contributed by atoms with Gasteiger partial charge < -0.3 is 9.47 Å². The van der Waals surface area contributed by atoms with Crippen LogP contribution in [0.25, 0.3) is 0 Å². The summed E-state index contributed by atoms with van der Waals surface area (Å²) in [6.07, 6.45) is 5.10. The topological polar surface area (TPSA) is 47.6 Å². The molecule has 6 heteroatoms. The van der Waals surface area contributed by atoms with E-state index in [0.29, 0.717) is 0 Å². The largest absolute Gasteiger partial charge is 0.468 e. The highest BCUT2D eigenvalue weighted by molar-refractivity contribution is 5.78. The van der Waals surface area contributed by atoms with Gasteiger partial charge in [0.15, 0.2) is 0 Å². The highest BCUT2D eigenvalue weighted by atomic mass is 19.3. The minimum Gasteiger partial charge on any atom is -0.468 e. The Morgan fingerprint density at radius 3 is 2.74 bits per heavy atom. The first-order valence-electron chi connectivity index (χ1n) is 5.38. The Morgan fingerprint density at radius 1 is 1.47 bits per heavy atom. The van der Waals surface area contributed by atoms with Gasteiger partial charge in [-0.15, -0.1) is 6.42 Å². The van der Waals surface area contributed by atoms with Crippen LogP contribution in [-0.4, -0.2) is 26.2 Å². The lowest BCUT2D eigenvalue weighted by Crippen LogP contribution is -2.30. The lowest BCUT2D eigenvalue weighted by Gasteiger charge is -2.18. The number of rotatable bonds is 6. The summed E-state index contributed by atoms with van der Waals surface area (Å²) in [5.41, 5.74) is 0.241. The molecule has 1 rings (SSSR count). The van der Waals surface area contributed by atoms with Gasteiger partial charge in [-0.25, -0.2) is 4.79 Å². The molecule has 0 saturated heterocycles. The predicted molar refractivity (Wildman–Crippen MR) is 64.7 cm³/mol. The van der Waals surface area contributed by atoms with E-state index < -0.39 is 18.6 Å². The molecule has 0 aliphatic rings. The van der Waals surface area contributed by atoms with Crippen LogP contribution in [0.3, 0.4) is 0 Å². The smallest absolute Gasteiger partial charge is 0.387 e. The minimum absolute atomic E-state index is 0.0861. The van der Waals surface area contributed by atoms with Gasteiger partial charge in [0.25, 0.3) is 0 Å². The van der Waals surface area contributed by atoms with Crippen molar-refractivity contribution in [2.75, 3.05) is 13.7 Å². The van der Waals surface area contributed by atoms with Gasteiger partial charge in [-0.3, -0.25) is 5.32 Å². The summed E-state index contributed by atoms with van der Waals surface area (Å²) in [5.74, 6) is 1.56. The third-order valence-corrected chi connectivity index (χ3v) is 2.29. The molecular formula is C13H13F2NO3. The number of hydrogen-bond acceptors (Lipinski definition) is 4. The van der Waals surface area contributed by atoms with Gasteiger partial charge in [-0.1, -0.05) is 24.1 Å². The molecule has 1 aromatic rings. The molecule has 0 aromatic heterocycles. The Labute approximate surface area is 109 Å². The molecule has 4 nitrogen and oxygen atoms in total. The highest BCUT2D eigenvalue weighted by Crippen LogP contribution is 2.27. The van der Waals surface area contributed by atoms with Crippen molar-refractivity contribution in [3.8, 4) is 18.1 Å². The molecule has 1 aromatic carbocycles. The van der Waals surface area contributed by atoms with Crippen molar-refractivity contribution in [3.63, 3.8) is 0 Å². The molecule has 0 fully saturated rings. The van der Waals surface area contributed by atoms with Crippen LogP contribution < -0.4 is 10.1 Å². The molecule has 19 heavy (non-hydrogen) atoms. The number of ether oxygens (including phenoxy) is 2. The maximum absolute atomic E-state index is 12.3. The summed E-state index contributed by atoms with van der Waals surface area (Å²) < 4.78 is 33.6. The Bertz CT molecular complexity index is 471. The Kier molecular flexibility index (Phi) is 5.76. The molecular weight excluding hydrogens is 256 g/mol. The number of carbonyl (C=O) groups is 1. The summed E-state index contributed by atoms with van der Waals surface area (Å²) in [7, 11) is 1.20. The zero-order chi connectivity index (χ0) is 14.3. The van der Waals surface area contributed by atoms with Gasteiger partial charge in [-0.2, -0.15) is 8.78 Å². The maximum atomic E-state index is 12.3. The number of para-hydroxylation sites is 1. The average Bonchev–Trinajstić information content (AvgIpc) is 2.39. The zero-order valence-corrected chi connectivity index (χ0v) is 10.2. The number of halogens is 2. The highest BCUT2D eigenvalue weighted by Gasteiger charge is 2.24. The molecule has 1 unspecified atom stereocenters. The lowest BCUT2D eigenvalue weighted by molar-refractivity contribution is -0.143. The molecule has 0 spiro atoms. The quantitative estimate of drug-likeness (QED) is 0.631. The Hall–Kier alpha value is -2.13. The van der Waals surface area contributed by atoms with Crippen molar-refractivity contribution < 1.29 is 23.0 Å².